The Labute approximate surface area is 290 Å². The Balaban J connectivity index is 1.11. The molecule has 2 nitrogen and oxygen atoms in total. The van der Waals surface area contributed by atoms with Crippen molar-refractivity contribution in [2.75, 3.05) is 0 Å². The van der Waals surface area contributed by atoms with Crippen LogP contribution in [0, 0.1) is 0 Å². The summed E-state index contributed by atoms with van der Waals surface area (Å²) in [5, 5.41) is 5.03. The van der Waals surface area contributed by atoms with Crippen molar-refractivity contribution in [2.45, 2.75) is 0 Å². The van der Waals surface area contributed by atoms with E-state index in [1.165, 1.54) is 82.7 Å². The first-order valence-electron chi connectivity index (χ1n) is 17.2. The van der Waals surface area contributed by atoms with Crippen LogP contribution < -0.4 is 0 Å². The molecular formula is C48H32N2. The summed E-state index contributed by atoms with van der Waals surface area (Å²) >= 11 is 0. The van der Waals surface area contributed by atoms with Crippen molar-refractivity contribution in [3.63, 3.8) is 0 Å². The van der Waals surface area contributed by atoms with Gasteiger partial charge in [0.05, 0.1) is 22.1 Å². The molecule has 0 fully saturated rings. The van der Waals surface area contributed by atoms with Crippen LogP contribution in [0.15, 0.2) is 194 Å². The third-order valence-corrected chi connectivity index (χ3v) is 10.1. The van der Waals surface area contributed by atoms with E-state index in [4.69, 9.17) is 0 Å². The van der Waals surface area contributed by atoms with E-state index < -0.39 is 0 Å². The summed E-state index contributed by atoms with van der Waals surface area (Å²) in [5.41, 5.74) is 14.4. The van der Waals surface area contributed by atoms with Crippen molar-refractivity contribution in [3.8, 4) is 44.8 Å². The van der Waals surface area contributed by atoms with E-state index in [-0.39, 0.29) is 0 Å². The average molecular weight is 637 g/mol. The molecule has 8 aromatic carbocycles. The Bertz CT molecular complexity index is 2840. The van der Waals surface area contributed by atoms with Crippen molar-refractivity contribution in [1.82, 2.24) is 9.13 Å². The Morgan fingerprint density at radius 2 is 0.660 bits per heavy atom. The third kappa shape index (κ3) is 4.57. The molecule has 0 bridgehead atoms. The number of para-hydroxylation sites is 3. The number of hydrogen-bond donors (Lipinski definition) is 0. The number of benzene rings is 8. The second-order valence-electron chi connectivity index (χ2n) is 13.0. The number of aromatic nitrogens is 2. The molecule has 50 heavy (non-hydrogen) atoms. The Morgan fingerprint density at radius 1 is 0.220 bits per heavy atom. The highest BCUT2D eigenvalue weighted by Gasteiger charge is 2.16. The second-order valence-corrected chi connectivity index (χ2v) is 13.0. The van der Waals surface area contributed by atoms with Gasteiger partial charge in [0.2, 0.25) is 0 Å². The van der Waals surface area contributed by atoms with E-state index in [1.54, 1.807) is 0 Å². The lowest BCUT2D eigenvalue weighted by molar-refractivity contribution is 1.18. The molecule has 0 saturated carbocycles. The van der Waals surface area contributed by atoms with Gasteiger partial charge in [0.25, 0.3) is 0 Å². The highest BCUT2D eigenvalue weighted by molar-refractivity contribution is 6.12. The lowest BCUT2D eigenvalue weighted by atomic mass is 10.00. The van der Waals surface area contributed by atoms with Gasteiger partial charge in [-0.2, -0.15) is 0 Å². The first-order chi connectivity index (χ1) is 24.8. The van der Waals surface area contributed by atoms with Crippen molar-refractivity contribution in [1.29, 1.82) is 0 Å². The average Bonchev–Trinajstić information content (AvgIpc) is 3.71. The van der Waals surface area contributed by atoms with E-state index in [9.17, 15) is 0 Å². The minimum atomic E-state index is 1.15. The van der Waals surface area contributed by atoms with E-state index in [0.29, 0.717) is 0 Å². The van der Waals surface area contributed by atoms with Crippen LogP contribution in [-0.2, 0) is 0 Å². The summed E-state index contributed by atoms with van der Waals surface area (Å²) in [6.07, 6.45) is 0. The Morgan fingerprint density at radius 3 is 1.40 bits per heavy atom. The van der Waals surface area contributed by atoms with Gasteiger partial charge in [0, 0.05) is 32.9 Å². The third-order valence-electron chi connectivity index (χ3n) is 10.1. The zero-order valence-electron chi connectivity index (χ0n) is 27.4. The van der Waals surface area contributed by atoms with E-state index in [2.05, 4.69) is 203 Å². The highest BCUT2D eigenvalue weighted by Crippen LogP contribution is 2.38. The number of fused-ring (bicyclic) bond motifs is 6. The van der Waals surface area contributed by atoms with Gasteiger partial charge in [-0.05, 0) is 88.0 Å². The van der Waals surface area contributed by atoms with E-state index in [0.717, 1.165) is 5.69 Å². The maximum Gasteiger partial charge on any atom is 0.0547 e. The molecule has 0 aliphatic carbocycles. The van der Waals surface area contributed by atoms with Crippen molar-refractivity contribution < 1.29 is 0 Å². The fraction of sp³-hybridized carbons (Fsp3) is 0. The van der Waals surface area contributed by atoms with Gasteiger partial charge in [-0.15, -0.1) is 0 Å². The summed E-state index contributed by atoms with van der Waals surface area (Å²) in [5.74, 6) is 0. The molecular weight excluding hydrogens is 605 g/mol. The molecule has 2 aromatic heterocycles. The molecule has 10 aromatic rings. The smallest absolute Gasteiger partial charge is 0.0547 e. The topological polar surface area (TPSA) is 9.86 Å². The molecule has 0 radical (unpaired) electrons. The van der Waals surface area contributed by atoms with Gasteiger partial charge < -0.3 is 9.13 Å². The Kier molecular flexibility index (Phi) is 6.53. The van der Waals surface area contributed by atoms with Gasteiger partial charge >= 0.3 is 0 Å². The van der Waals surface area contributed by atoms with Crippen LogP contribution >= 0.6 is 0 Å². The zero-order chi connectivity index (χ0) is 33.0. The molecule has 0 unspecified atom stereocenters. The van der Waals surface area contributed by atoms with Crippen LogP contribution in [0.2, 0.25) is 0 Å². The predicted octanol–water partition coefficient (Wildman–Crippen LogP) is 12.9. The second kappa shape index (κ2) is 11.5. The molecule has 10 rings (SSSR count). The van der Waals surface area contributed by atoms with Gasteiger partial charge in [-0.3, -0.25) is 0 Å². The lowest BCUT2D eigenvalue weighted by Crippen LogP contribution is -1.94. The normalized spacial score (nSPS) is 11.6. The summed E-state index contributed by atoms with van der Waals surface area (Å²) in [6.45, 7) is 0. The molecule has 0 amide bonds. The van der Waals surface area contributed by atoms with Gasteiger partial charge in [0.1, 0.15) is 0 Å². The number of rotatable bonds is 5. The standard InChI is InChI=1S/C48H32N2/c1-3-12-33(13-4-1)34-22-24-35(25-23-34)36-14-11-17-40(30-36)50-45-20-9-7-18-41(45)43-28-26-38(32-48(43)50)37-27-29-47-44(31-37)42-19-8-10-21-46(42)49(47)39-15-5-2-6-16-39/h1-32H. The summed E-state index contributed by atoms with van der Waals surface area (Å²) in [7, 11) is 0. The van der Waals surface area contributed by atoms with Crippen molar-refractivity contribution >= 4 is 43.6 Å². The first-order valence-corrected chi connectivity index (χ1v) is 17.2. The summed E-state index contributed by atoms with van der Waals surface area (Å²) in [4.78, 5) is 0. The largest absolute Gasteiger partial charge is 0.309 e. The molecule has 0 aliphatic rings. The Hall–Kier alpha value is -6.64. The fourth-order valence-corrected chi connectivity index (χ4v) is 7.75. The maximum absolute atomic E-state index is 2.43. The van der Waals surface area contributed by atoms with Crippen molar-refractivity contribution in [2.24, 2.45) is 0 Å². The molecule has 0 spiro atoms. The molecule has 0 N–H and O–H groups in total. The van der Waals surface area contributed by atoms with Crippen LogP contribution in [0.4, 0.5) is 0 Å². The maximum atomic E-state index is 2.43. The van der Waals surface area contributed by atoms with Crippen molar-refractivity contribution in [3.05, 3.63) is 194 Å². The lowest BCUT2D eigenvalue weighted by Gasteiger charge is -2.12. The minimum Gasteiger partial charge on any atom is -0.309 e. The molecule has 2 heterocycles. The first kappa shape index (κ1) is 28.4. The van der Waals surface area contributed by atoms with Crippen LogP contribution in [0.3, 0.4) is 0 Å². The fourth-order valence-electron chi connectivity index (χ4n) is 7.75. The molecule has 0 atom stereocenters. The number of hydrogen-bond acceptors (Lipinski definition) is 0. The van der Waals surface area contributed by atoms with Crippen LogP contribution in [0.1, 0.15) is 0 Å². The summed E-state index contributed by atoms with van der Waals surface area (Å²) in [6, 6.07) is 70.4. The number of nitrogens with zero attached hydrogens (tertiary/aromatic N) is 2. The monoisotopic (exact) mass is 636 g/mol. The molecule has 234 valence electrons. The van der Waals surface area contributed by atoms with Crippen LogP contribution in [0.5, 0.6) is 0 Å². The SMILES string of the molecule is c1ccc(-c2ccc(-c3cccc(-n4c5ccccc5c5ccc(-c6ccc7c(c6)c6ccccc6n7-c6ccccc6)cc54)c3)cc2)cc1. The van der Waals surface area contributed by atoms with E-state index >= 15 is 0 Å². The summed E-state index contributed by atoms with van der Waals surface area (Å²) < 4.78 is 4.80. The predicted molar refractivity (Wildman–Crippen MR) is 211 cm³/mol. The molecule has 0 saturated heterocycles. The minimum absolute atomic E-state index is 1.15. The molecule has 2 heteroatoms. The van der Waals surface area contributed by atoms with Gasteiger partial charge in [-0.1, -0.05) is 140 Å². The zero-order valence-corrected chi connectivity index (χ0v) is 27.4. The quantitative estimate of drug-likeness (QED) is 0.178. The molecule has 0 aliphatic heterocycles. The highest BCUT2D eigenvalue weighted by atomic mass is 15.0. The van der Waals surface area contributed by atoms with Gasteiger partial charge in [-0.25, -0.2) is 0 Å². The van der Waals surface area contributed by atoms with Crippen LogP contribution in [0.25, 0.3) is 88.4 Å². The van der Waals surface area contributed by atoms with Gasteiger partial charge in [0.15, 0.2) is 0 Å². The van der Waals surface area contributed by atoms with E-state index in [1.807, 2.05) is 0 Å². The van der Waals surface area contributed by atoms with Crippen LogP contribution in [-0.4, -0.2) is 9.13 Å².